The molecule has 0 amide bonds. The van der Waals surface area contributed by atoms with Crippen molar-refractivity contribution in [2.24, 2.45) is 0 Å². The first kappa shape index (κ1) is 15.2. The van der Waals surface area contributed by atoms with E-state index in [1.165, 1.54) is 6.42 Å². The van der Waals surface area contributed by atoms with Gasteiger partial charge in [0.05, 0.1) is 5.41 Å². The molecule has 0 spiro atoms. The number of nitrogens with zero attached hydrogens (tertiary/aromatic N) is 2. The molecule has 0 aliphatic carbocycles. The lowest BCUT2D eigenvalue weighted by Gasteiger charge is -2.35. The maximum atomic E-state index is 11.7. The number of hydrogen-bond acceptors (Lipinski definition) is 3. The molecule has 1 aliphatic rings. The topological polar surface area (TPSA) is 23.6 Å². The molecule has 0 bridgehead atoms. The van der Waals surface area contributed by atoms with Gasteiger partial charge < -0.3 is 9.69 Å². The van der Waals surface area contributed by atoms with Gasteiger partial charge >= 0.3 is 0 Å². The molecule has 0 N–H and O–H groups in total. The summed E-state index contributed by atoms with van der Waals surface area (Å²) in [7, 11) is 2.18. The average Bonchev–Trinajstić information content (AvgIpc) is 2.61. The van der Waals surface area contributed by atoms with Crippen molar-refractivity contribution in [1.82, 2.24) is 9.80 Å². The van der Waals surface area contributed by atoms with Crippen LogP contribution in [0.25, 0.3) is 0 Å². The number of carbonyl (C=O) groups is 1. The molecule has 3 nitrogen and oxygen atoms in total. The first-order valence-corrected chi connectivity index (χ1v) is 7.49. The fraction of sp³-hybridized carbons (Fsp3) is 0.588. The van der Waals surface area contributed by atoms with Crippen LogP contribution in [0.1, 0.15) is 25.8 Å². The fourth-order valence-electron chi connectivity index (χ4n) is 3.09. The van der Waals surface area contributed by atoms with Crippen molar-refractivity contribution in [3.05, 3.63) is 35.9 Å². The van der Waals surface area contributed by atoms with E-state index in [0.717, 1.165) is 38.0 Å². The zero-order chi connectivity index (χ0) is 14.6. The maximum absolute atomic E-state index is 11.7. The number of aldehydes is 1. The molecule has 1 saturated heterocycles. The van der Waals surface area contributed by atoms with E-state index in [0.29, 0.717) is 6.04 Å². The monoisotopic (exact) mass is 274 g/mol. The van der Waals surface area contributed by atoms with Crippen LogP contribution in [-0.2, 0) is 10.2 Å². The highest BCUT2D eigenvalue weighted by Gasteiger charge is 2.31. The van der Waals surface area contributed by atoms with E-state index in [9.17, 15) is 4.79 Å². The van der Waals surface area contributed by atoms with Gasteiger partial charge in [-0.25, -0.2) is 0 Å². The summed E-state index contributed by atoms with van der Waals surface area (Å²) in [5.74, 6) is 0. The minimum Gasteiger partial charge on any atom is -0.305 e. The molecule has 2 unspecified atom stereocenters. The van der Waals surface area contributed by atoms with Crippen LogP contribution < -0.4 is 0 Å². The van der Waals surface area contributed by atoms with Gasteiger partial charge in [-0.15, -0.1) is 0 Å². The molecular formula is C17H26N2O. The van der Waals surface area contributed by atoms with Gasteiger partial charge in [-0.05, 0) is 46.0 Å². The molecule has 110 valence electrons. The third-order valence-corrected chi connectivity index (χ3v) is 4.41. The third kappa shape index (κ3) is 3.47. The summed E-state index contributed by atoms with van der Waals surface area (Å²) in [5, 5.41) is 0. The Hall–Kier alpha value is -1.19. The Morgan fingerprint density at radius 3 is 2.65 bits per heavy atom. The van der Waals surface area contributed by atoms with Crippen molar-refractivity contribution < 1.29 is 4.79 Å². The van der Waals surface area contributed by atoms with Gasteiger partial charge in [-0.1, -0.05) is 30.3 Å². The molecule has 20 heavy (non-hydrogen) atoms. The van der Waals surface area contributed by atoms with Gasteiger partial charge in [0, 0.05) is 19.1 Å². The lowest BCUT2D eigenvalue weighted by Crippen LogP contribution is -2.46. The van der Waals surface area contributed by atoms with E-state index < -0.39 is 5.41 Å². The van der Waals surface area contributed by atoms with Crippen molar-refractivity contribution in [2.75, 3.05) is 33.2 Å². The summed E-state index contributed by atoms with van der Waals surface area (Å²) in [4.78, 5) is 16.6. The first-order valence-electron chi connectivity index (χ1n) is 7.49. The van der Waals surface area contributed by atoms with Crippen LogP contribution in [0.5, 0.6) is 0 Å². The quantitative estimate of drug-likeness (QED) is 0.786. The predicted octanol–water partition coefficient (Wildman–Crippen LogP) is 2.17. The van der Waals surface area contributed by atoms with Crippen LogP contribution in [-0.4, -0.2) is 55.4 Å². The van der Waals surface area contributed by atoms with Crippen LogP contribution in [0.15, 0.2) is 30.3 Å². The van der Waals surface area contributed by atoms with Crippen LogP contribution >= 0.6 is 0 Å². The van der Waals surface area contributed by atoms with E-state index in [1.807, 2.05) is 18.2 Å². The van der Waals surface area contributed by atoms with Gasteiger partial charge in [0.2, 0.25) is 0 Å². The number of benzene rings is 1. The second kappa shape index (κ2) is 6.51. The predicted molar refractivity (Wildman–Crippen MR) is 83.0 cm³/mol. The van der Waals surface area contributed by atoms with Crippen molar-refractivity contribution in [1.29, 1.82) is 0 Å². The van der Waals surface area contributed by atoms with Gasteiger partial charge in [-0.3, -0.25) is 4.90 Å². The van der Waals surface area contributed by atoms with Crippen molar-refractivity contribution >= 4 is 6.29 Å². The van der Waals surface area contributed by atoms with Crippen molar-refractivity contribution in [2.45, 2.75) is 31.7 Å². The van der Waals surface area contributed by atoms with E-state index in [2.05, 4.69) is 42.8 Å². The molecule has 2 atom stereocenters. The smallest absolute Gasteiger partial charge is 0.131 e. The molecule has 2 rings (SSSR count). The molecule has 1 aromatic carbocycles. The Morgan fingerprint density at radius 1 is 1.30 bits per heavy atom. The number of hydrogen-bond donors (Lipinski definition) is 0. The van der Waals surface area contributed by atoms with Gasteiger partial charge in [0.15, 0.2) is 0 Å². The lowest BCUT2D eigenvalue weighted by atomic mass is 9.83. The molecule has 0 radical (unpaired) electrons. The van der Waals surface area contributed by atoms with Gasteiger partial charge in [0.25, 0.3) is 0 Å². The Kier molecular flexibility index (Phi) is 4.95. The molecule has 1 aromatic rings. The minimum atomic E-state index is -0.418. The normalized spacial score (nSPS) is 24.9. The Balaban J connectivity index is 2.15. The van der Waals surface area contributed by atoms with E-state index in [4.69, 9.17) is 0 Å². The summed E-state index contributed by atoms with van der Waals surface area (Å²) < 4.78 is 0. The highest BCUT2D eigenvalue weighted by atomic mass is 16.1. The SMILES string of the molecule is CC1CN(C)CCCN1CC(C)(C=O)c1ccccc1. The highest BCUT2D eigenvalue weighted by Crippen LogP contribution is 2.24. The molecule has 0 aromatic heterocycles. The lowest BCUT2D eigenvalue weighted by molar-refractivity contribution is -0.113. The zero-order valence-electron chi connectivity index (χ0n) is 12.9. The Morgan fingerprint density at radius 2 is 2.00 bits per heavy atom. The summed E-state index contributed by atoms with van der Waals surface area (Å²) in [5.41, 5.74) is 0.693. The second-order valence-corrected chi connectivity index (χ2v) is 6.34. The highest BCUT2D eigenvalue weighted by molar-refractivity contribution is 5.68. The van der Waals surface area contributed by atoms with Crippen molar-refractivity contribution in [3.63, 3.8) is 0 Å². The fourth-order valence-corrected chi connectivity index (χ4v) is 3.09. The van der Waals surface area contributed by atoms with Crippen LogP contribution in [0.4, 0.5) is 0 Å². The standard InChI is InChI=1S/C17H26N2O/c1-15-12-18(3)10-7-11-19(15)13-17(2,14-20)16-8-5-4-6-9-16/h4-6,8-9,14-15H,7,10-13H2,1-3H3. The third-order valence-electron chi connectivity index (χ3n) is 4.41. The molecule has 1 fully saturated rings. The van der Waals surface area contributed by atoms with Crippen molar-refractivity contribution in [3.8, 4) is 0 Å². The zero-order valence-corrected chi connectivity index (χ0v) is 12.9. The molecule has 3 heteroatoms. The van der Waals surface area contributed by atoms with Crippen LogP contribution in [0.2, 0.25) is 0 Å². The largest absolute Gasteiger partial charge is 0.305 e. The summed E-state index contributed by atoms with van der Waals surface area (Å²) in [6.07, 6.45) is 2.29. The summed E-state index contributed by atoms with van der Waals surface area (Å²) >= 11 is 0. The minimum absolute atomic E-state index is 0.418. The maximum Gasteiger partial charge on any atom is 0.131 e. The van der Waals surface area contributed by atoms with E-state index in [-0.39, 0.29) is 0 Å². The Labute approximate surface area is 122 Å². The molecular weight excluding hydrogens is 248 g/mol. The summed E-state index contributed by atoms with van der Waals surface area (Å²) in [6.45, 7) is 8.40. The van der Waals surface area contributed by atoms with Crippen LogP contribution in [0, 0.1) is 0 Å². The molecule has 0 saturated carbocycles. The number of likely N-dealkylation sites (N-methyl/N-ethyl adjacent to an activating group) is 1. The van der Waals surface area contributed by atoms with Crippen LogP contribution in [0.3, 0.4) is 0 Å². The number of carbonyl (C=O) groups excluding carboxylic acids is 1. The Bertz CT molecular complexity index is 434. The summed E-state index contributed by atoms with van der Waals surface area (Å²) in [6, 6.07) is 10.6. The average molecular weight is 274 g/mol. The second-order valence-electron chi connectivity index (χ2n) is 6.34. The number of rotatable bonds is 4. The van der Waals surface area contributed by atoms with E-state index in [1.54, 1.807) is 0 Å². The van der Waals surface area contributed by atoms with E-state index >= 15 is 0 Å². The first-order chi connectivity index (χ1) is 9.55. The van der Waals surface area contributed by atoms with Gasteiger partial charge in [-0.2, -0.15) is 0 Å². The molecule has 1 aliphatic heterocycles. The molecule has 1 heterocycles. The van der Waals surface area contributed by atoms with Gasteiger partial charge in [0.1, 0.15) is 6.29 Å².